The lowest BCUT2D eigenvalue weighted by molar-refractivity contribution is 0.208. The number of hydrogen-bond donors (Lipinski definition) is 0. The molecule has 2 aromatic rings. The first-order chi connectivity index (χ1) is 9.48. The summed E-state index contributed by atoms with van der Waals surface area (Å²) >= 11 is 0. The van der Waals surface area contributed by atoms with E-state index >= 15 is 0 Å². The average Bonchev–Trinajstić information content (AvgIpc) is 2.77. The summed E-state index contributed by atoms with van der Waals surface area (Å²) in [5.74, 6) is 0.817. The summed E-state index contributed by atoms with van der Waals surface area (Å²) in [5.41, 5.74) is 0.668. The number of methoxy groups -OCH3 is 1. The van der Waals surface area contributed by atoms with E-state index in [-0.39, 0.29) is 17.4 Å². The molecule has 0 unspecified atom stereocenters. The molecule has 0 spiro atoms. The number of hydrogen-bond acceptors (Lipinski definition) is 5. The molecule has 6 nitrogen and oxygen atoms in total. The van der Waals surface area contributed by atoms with Gasteiger partial charge in [-0.25, -0.2) is 12.7 Å². The van der Waals surface area contributed by atoms with Crippen LogP contribution in [0.15, 0.2) is 39.8 Å². The van der Waals surface area contributed by atoms with Gasteiger partial charge in [0.05, 0.1) is 4.90 Å². The Morgan fingerprint density at radius 1 is 1.25 bits per heavy atom. The first-order valence-electron chi connectivity index (χ1n) is 5.98. The first kappa shape index (κ1) is 14.5. The predicted molar refractivity (Wildman–Crippen MR) is 74.0 cm³/mol. The lowest BCUT2D eigenvalue weighted by Crippen LogP contribution is -2.33. The van der Waals surface area contributed by atoms with E-state index in [0.29, 0.717) is 11.3 Å². The zero-order chi connectivity index (χ0) is 14.8. The van der Waals surface area contributed by atoms with E-state index in [4.69, 9.17) is 9.26 Å². The van der Waals surface area contributed by atoms with E-state index in [0.717, 1.165) is 4.31 Å². The van der Waals surface area contributed by atoms with Crippen LogP contribution in [-0.2, 0) is 14.8 Å². The van der Waals surface area contributed by atoms with Gasteiger partial charge in [0.2, 0.25) is 0 Å². The smallest absolute Gasteiger partial charge is 0.267 e. The highest BCUT2D eigenvalue weighted by atomic mass is 32.2. The first-order valence-corrected chi connectivity index (χ1v) is 7.42. The zero-order valence-electron chi connectivity index (χ0n) is 11.5. The van der Waals surface area contributed by atoms with Gasteiger partial charge >= 0.3 is 0 Å². The summed E-state index contributed by atoms with van der Waals surface area (Å²) in [6.07, 6.45) is 0. The predicted octanol–water partition coefficient (Wildman–Crippen LogP) is 2.09. The van der Waals surface area contributed by atoms with Crippen molar-refractivity contribution in [1.82, 2.24) is 5.16 Å². The van der Waals surface area contributed by atoms with Crippen LogP contribution in [0.3, 0.4) is 0 Å². The lowest BCUT2D eigenvalue weighted by atomic mass is 10.3. The third kappa shape index (κ3) is 2.54. The highest BCUT2D eigenvalue weighted by molar-refractivity contribution is 7.92. The van der Waals surface area contributed by atoms with Crippen molar-refractivity contribution < 1.29 is 17.7 Å². The molecule has 0 bridgehead atoms. The van der Waals surface area contributed by atoms with Crippen LogP contribution < -0.4 is 4.31 Å². The molecule has 0 aliphatic heterocycles. The van der Waals surface area contributed by atoms with Gasteiger partial charge in [-0.1, -0.05) is 23.4 Å². The maximum Gasteiger partial charge on any atom is 0.267 e. The third-order valence-corrected chi connectivity index (χ3v) is 4.67. The zero-order valence-corrected chi connectivity index (χ0v) is 12.3. The van der Waals surface area contributed by atoms with E-state index < -0.39 is 10.0 Å². The number of ether oxygens (including phenoxy) is 1. The lowest BCUT2D eigenvalue weighted by Gasteiger charge is -2.21. The van der Waals surface area contributed by atoms with Gasteiger partial charge < -0.3 is 9.26 Å². The minimum Gasteiger partial charge on any atom is -0.363 e. The standard InChI is InChI=1S/C13H16N2O4S/c1-10-11(2)19-14-13(10)15(9-18-3)20(16,17)12-7-5-4-6-8-12/h4-8H,9H2,1-3H3. The van der Waals surface area contributed by atoms with Gasteiger partial charge in [0.15, 0.2) is 5.82 Å². The van der Waals surface area contributed by atoms with Gasteiger partial charge in [-0.05, 0) is 26.0 Å². The number of aryl methyl sites for hydroxylation is 1. The fraction of sp³-hybridized carbons (Fsp3) is 0.308. The Kier molecular flexibility index (Phi) is 4.10. The van der Waals surface area contributed by atoms with Crippen molar-refractivity contribution in [2.45, 2.75) is 18.7 Å². The largest absolute Gasteiger partial charge is 0.363 e. The summed E-state index contributed by atoms with van der Waals surface area (Å²) < 4.78 is 36.4. The second kappa shape index (κ2) is 5.64. The Hall–Kier alpha value is -1.86. The molecular weight excluding hydrogens is 280 g/mol. The minimum atomic E-state index is -3.74. The van der Waals surface area contributed by atoms with Gasteiger partial charge in [-0.2, -0.15) is 0 Å². The van der Waals surface area contributed by atoms with Crippen molar-refractivity contribution in [2.24, 2.45) is 0 Å². The van der Waals surface area contributed by atoms with Gasteiger partial charge in [-0.3, -0.25) is 0 Å². The van der Waals surface area contributed by atoms with Crippen molar-refractivity contribution in [1.29, 1.82) is 0 Å². The van der Waals surface area contributed by atoms with Crippen LogP contribution in [0.4, 0.5) is 5.82 Å². The van der Waals surface area contributed by atoms with Gasteiger partial charge in [0.1, 0.15) is 12.5 Å². The van der Waals surface area contributed by atoms with E-state index in [1.165, 1.54) is 19.2 Å². The molecule has 7 heteroatoms. The molecular formula is C13H16N2O4S. The van der Waals surface area contributed by atoms with Crippen LogP contribution in [-0.4, -0.2) is 27.4 Å². The molecule has 0 N–H and O–H groups in total. The molecule has 20 heavy (non-hydrogen) atoms. The van der Waals surface area contributed by atoms with Crippen molar-refractivity contribution in [2.75, 3.05) is 18.1 Å². The SMILES string of the molecule is COCN(c1noc(C)c1C)S(=O)(=O)c1ccccc1. The number of nitrogens with zero attached hydrogens (tertiary/aromatic N) is 2. The van der Waals surface area contributed by atoms with Crippen LogP contribution >= 0.6 is 0 Å². The molecule has 1 aromatic heterocycles. The number of sulfonamides is 1. The molecule has 0 saturated carbocycles. The van der Waals surface area contributed by atoms with Crippen molar-refractivity contribution in [3.63, 3.8) is 0 Å². The Morgan fingerprint density at radius 3 is 2.40 bits per heavy atom. The number of aromatic nitrogens is 1. The second-order valence-electron chi connectivity index (χ2n) is 4.27. The van der Waals surface area contributed by atoms with Crippen LogP contribution in [0.25, 0.3) is 0 Å². The maximum atomic E-state index is 12.6. The molecule has 2 rings (SSSR count). The number of anilines is 1. The summed E-state index contributed by atoms with van der Waals surface area (Å²) in [6.45, 7) is 3.35. The Morgan fingerprint density at radius 2 is 1.90 bits per heavy atom. The number of benzene rings is 1. The molecule has 0 aliphatic rings. The summed E-state index contributed by atoms with van der Waals surface area (Å²) in [4.78, 5) is 0.178. The molecule has 1 aromatic carbocycles. The van der Waals surface area contributed by atoms with Gasteiger partial charge in [0.25, 0.3) is 10.0 Å². The molecule has 0 aliphatic carbocycles. The van der Waals surface area contributed by atoms with Crippen LogP contribution in [0.2, 0.25) is 0 Å². The molecule has 0 amide bonds. The molecule has 0 atom stereocenters. The summed E-state index contributed by atoms with van der Waals surface area (Å²) in [6, 6.07) is 8.14. The van der Waals surface area contributed by atoms with Crippen molar-refractivity contribution in [3.05, 3.63) is 41.7 Å². The molecule has 0 radical (unpaired) electrons. The third-order valence-electron chi connectivity index (χ3n) is 2.95. The fourth-order valence-corrected chi connectivity index (χ4v) is 3.12. The van der Waals surface area contributed by atoms with E-state index in [1.54, 1.807) is 32.0 Å². The van der Waals surface area contributed by atoms with Crippen LogP contribution in [0.5, 0.6) is 0 Å². The van der Waals surface area contributed by atoms with E-state index in [2.05, 4.69) is 5.16 Å². The molecule has 0 saturated heterocycles. The van der Waals surface area contributed by atoms with E-state index in [1.807, 2.05) is 0 Å². The number of rotatable bonds is 5. The molecule has 1 heterocycles. The summed E-state index contributed by atoms with van der Waals surface area (Å²) in [5, 5.41) is 3.82. The highest BCUT2D eigenvalue weighted by Gasteiger charge is 2.29. The molecule has 0 fully saturated rings. The Balaban J connectivity index is 2.51. The van der Waals surface area contributed by atoms with E-state index in [9.17, 15) is 8.42 Å². The van der Waals surface area contributed by atoms with Crippen molar-refractivity contribution >= 4 is 15.8 Å². The highest BCUT2D eigenvalue weighted by Crippen LogP contribution is 2.27. The van der Waals surface area contributed by atoms with Crippen molar-refractivity contribution in [3.8, 4) is 0 Å². The quantitative estimate of drug-likeness (QED) is 0.790. The second-order valence-corrected chi connectivity index (χ2v) is 6.13. The summed E-state index contributed by atoms with van der Waals surface area (Å²) in [7, 11) is -2.31. The minimum absolute atomic E-state index is 0.135. The Labute approximate surface area is 118 Å². The van der Waals surface area contributed by atoms with Gasteiger partial charge in [-0.15, -0.1) is 0 Å². The Bertz CT molecular complexity index is 680. The average molecular weight is 296 g/mol. The van der Waals surface area contributed by atoms with Crippen LogP contribution in [0, 0.1) is 13.8 Å². The monoisotopic (exact) mass is 296 g/mol. The van der Waals surface area contributed by atoms with Gasteiger partial charge in [0, 0.05) is 12.7 Å². The molecule has 108 valence electrons. The topological polar surface area (TPSA) is 72.6 Å². The van der Waals surface area contributed by atoms with Crippen LogP contribution in [0.1, 0.15) is 11.3 Å². The maximum absolute atomic E-state index is 12.6. The normalized spacial score (nSPS) is 11.6. The fourth-order valence-electron chi connectivity index (χ4n) is 1.72.